The standard InChI is InChI=1S/C14H18FN5O3S/c1-10(2)20-16-8-13(18-20)17-14(21)9-19(24(3,22)23)12-6-4-5-11(15)7-12/h4-8,10H,9H2,1-3H3,(H,17,18,21). The van der Waals surface area contributed by atoms with Gasteiger partial charge in [0.1, 0.15) is 12.4 Å². The number of carbonyl (C=O) groups is 1. The van der Waals surface area contributed by atoms with Gasteiger partial charge in [-0.3, -0.25) is 9.10 Å². The number of benzene rings is 1. The Balaban J connectivity index is 2.16. The fraction of sp³-hybridized carbons (Fsp3) is 0.357. The minimum atomic E-state index is -3.77. The van der Waals surface area contributed by atoms with Crippen molar-refractivity contribution in [3.8, 4) is 0 Å². The summed E-state index contributed by atoms with van der Waals surface area (Å²) in [6.07, 6.45) is 2.31. The first-order valence-electron chi connectivity index (χ1n) is 7.12. The van der Waals surface area contributed by atoms with Gasteiger partial charge < -0.3 is 5.32 Å². The highest BCUT2D eigenvalue weighted by Gasteiger charge is 2.21. The number of sulfonamides is 1. The lowest BCUT2D eigenvalue weighted by Crippen LogP contribution is -2.37. The van der Waals surface area contributed by atoms with Crippen LogP contribution >= 0.6 is 0 Å². The maximum atomic E-state index is 13.3. The minimum Gasteiger partial charge on any atom is -0.306 e. The molecule has 0 saturated carbocycles. The molecule has 1 heterocycles. The quantitative estimate of drug-likeness (QED) is 0.845. The molecule has 0 bridgehead atoms. The summed E-state index contributed by atoms with van der Waals surface area (Å²) < 4.78 is 38.0. The molecule has 1 N–H and O–H groups in total. The number of amides is 1. The van der Waals surface area contributed by atoms with Crippen LogP contribution in [-0.4, -0.2) is 42.1 Å². The van der Waals surface area contributed by atoms with Gasteiger partial charge >= 0.3 is 0 Å². The summed E-state index contributed by atoms with van der Waals surface area (Å²) in [5, 5.41) is 10.5. The zero-order valence-corrected chi connectivity index (χ0v) is 14.3. The molecule has 0 atom stereocenters. The lowest BCUT2D eigenvalue weighted by atomic mass is 10.3. The molecule has 0 aliphatic rings. The van der Waals surface area contributed by atoms with Crippen molar-refractivity contribution in [1.29, 1.82) is 0 Å². The van der Waals surface area contributed by atoms with Gasteiger partial charge in [0.2, 0.25) is 15.9 Å². The zero-order valence-electron chi connectivity index (χ0n) is 13.5. The van der Waals surface area contributed by atoms with Crippen LogP contribution < -0.4 is 9.62 Å². The topological polar surface area (TPSA) is 97.2 Å². The second kappa shape index (κ2) is 6.95. The molecule has 24 heavy (non-hydrogen) atoms. The third-order valence-electron chi connectivity index (χ3n) is 3.02. The van der Waals surface area contributed by atoms with E-state index in [0.717, 1.165) is 16.6 Å². The number of nitrogens with one attached hydrogen (secondary N) is 1. The van der Waals surface area contributed by atoms with E-state index in [1.807, 2.05) is 13.8 Å². The van der Waals surface area contributed by atoms with Crippen LogP contribution in [0.3, 0.4) is 0 Å². The number of aromatic nitrogens is 3. The zero-order chi connectivity index (χ0) is 17.9. The summed E-state index contributed by atoms with van der Waals surface area (Å²) in [4.78, 5) is 13.5. The Morgan fingerprint density at radius 2 is 2.12 bits per heavy atom. The van der Waals surface area contributed by atoms with Gasteiger partial charge in [0, 0.05) is 0 Å². The third-order valence-corrected chi connectivity index (χ3v) is 4.16. The molecule has 130 valence electrons. The highest BCUT2D eigenvalue weighted by Crippen LogP contribution is 2.18. The maximum Gasteiger partial charge on any atom is 0.246 e. The summed E-state index contributed by atoms with van der Waals surface area (Å²) in [6, 6.07) is 5.04. The van der Waals surface area contributed by atoms with Gasteiger partial charge in [0.15, 0.2) is 5.82 Å². The van der Waals surface area contributed by atoms with E-state index in [1.165, 1.54) is 29.2 Å². The SMILES string of the molecule is CC(C)n1ncc(NC(=O)CN(c2cccc(F)c2)S(C)(=O)=O)n1. The van der Waals surface area contributed by atoms with Gasteiger partial charge in [-0.25, -0.2) is 12.8 Å². The minimum absolute atomic E-state index is 0.0236. The van der Waals surface area contributed by atoms with E-state index >= 15 is 0 Å². The Labute approximate surface area is 139 Å². The fourth-order valence-corrected chi connectivity index (χ4v) is 2.77. The van der Waals surface area contributed by atoms with Gasteiger partial charge in [-0.1, -0.05) is 6.07 Å². The van der Waals surface area contributed by atoms with E-state index < -0.39 is 28.3 Å². The molecule has 0 aliphatic carbocycles. The van der Waals surface area contributed by atoms with E-state index in [2.05, 4.69) is 15.5 Å². The molecule has 1 aromatic carbocycles. The summed E-state index contributed by atoms with van der Waals surface area (Å²) in [5.74, 6) is -0.997. The molecule has 1 aromatic heterocycles. The largest absolute Gasteiger partial charge is 0.306 e. The Bertz CT molecular complexity index is 834. The van der Waals surface area contributed by atoms with Crippen LogP contribution in [0.2, 0.25) is 0 Å². The van der Waals surface area contributed by atoms with Crippen molar-refractivity contribution in [2.24, 2.45) is 0 Å². The van der Waals surface area contributed by atoms with Crippen LogP contribution in [0.5, 0.6) is 0 Å². The predicted molar refractivity (Wildman–Crippen MR) is 87.6 cm³/mol. The van der Waals surface area contributed by atoms with Crippen molar-refractivity contribution in [2.75, 3.05) is 22.4 Å². The first kappa shape index (κ1) is 17.9. The van der Waals surface area contributed by atoms with Crippen molar-refractivity contribution >= 4 is 27.4 Å². The smallest absolute Gasteiger partial charge is 0.246 e. The molecule has 0 aliphatic heterocycles. The number of hydrogen-bond acceptors (Lipinski definition) is 5. The molecule has 0 spiro atoms. The first-order valence-corrected chi connectivity index (χ1v) is 8.96. The normalized spacial score (nSPS) is 11.5. The van der Waals surface area contributed by atoms with Crippen LogP contribution in [0, 0.1) is 5.82 Å². The third kappa shape index (κ3) is 4.51. The molecule has 0 unspecified atom stereocenters. The lowest BCUT2D eigenvalue weighted by molar-refractivity contribution is -0.114. The summed E-state index contributed by atoms with van der Waals surface area (Å²) in [5.41, 5.74) is 0.0680. The second-order valence-electron chi connectivity index (χ2n) is 5.44. The summed E-state index contributed by atoms with van der Waals surface area (Å²) >= 11 is 0. The molecular formula is C14H18FN5O3S. The van der Waals surface area contributed by atoms with Gasteiger partial charge in [-0.15, -0.1) is 5.10 Å². The van der Waals surface area contributed by atoms with Crippen molar-refractivity contribution in [3.05, 3.63) is 36.3 Å². The van der Waals surface area contributed by atoms with E-state index in [1.54, 1.807) is 0 Å². The highest BCUT2D eigenvalue weighted by molar-refractivity contribution is 7.92. The predicted octanol–water partition coefficient (Wildman–Crippen LogP) is 1.40. The van der Waals surface area contributed by atoms with E-state index in [0.29, 0.717) is 0 Å². The van der Waals surface area contributed by atoms with Crippen LogP contribution in [0.1, 0.15) is 19.9 Å². The molecule has 1 amide bonds. The molecule has 2 aromatic rings. The number of hydrogen-bond donors (Lipinski definition) is 1. The average Bonchev–Trinajstić information content (AvgIpc) is 2.92. The number of nitrogens with zero attached hydrogens (tertiary/aromatic N) is 4. The van der Waals surface area contributed by atoms with Gasteiger partial charge in [-0.05, 0) is 32.0 Å². The molecule has 2 rings (SSSR count). The Kier molecular flexibility index (Phi) is 5.17. The van der Waals surface area contributed by atoms with Crippen molar-refractivity contribution in [3.63, 3.8) is 0 Å². The lowest BCUT2D eigenvalue weighted by Gasteiger charge is -2.21. The highest BCUT2D eigenvalue weighted by atomic mass is 32.2. The summed E-state index contributed by atoms with van der Waals surface area (Å²) in [7, 11) is -3.77. The van der Waals surface area contributed by atoms with E-state index in [9.17, 15) is 17.6 Å². The van der Waals surface area contributed by atoms with Crippen molar-refractivity contribution < 1.29 is 17.6 Å². The molecule has 0 saturated heterocycles. The average molecular weight is 355 g/mol. The van der Waals surface area contributed by atoms with Crippen LogP contribution in [0.25, 0.3) is 0 Å². The van der Waals surface area contributed by atoms with Gasteiger partial charge in [-0.2, -0.15) is 9.90 Å². The number of carbonyl (C=O) groups excluding carboxylic acids is 1. The van der Waals surface area contributed by atoms with Gasteiger partial charge in [0.05, 0.1) is 24.2 Å². The molecule has 0 fully saturated rings. The van der Waals surface area contributed by atoms with E-state index in [-0.39, 0.29) is 17.5 Å². The maximum absolute atomic E-state index is 13.3. The Morgan fingerprint density at radius 3 is 2.67 bits per heavy atom. The molecule has 10 heteroatoms. The fourth-order valence-electron chi connectivity index (χ4n) is 1.93. The number of anilines is 2. The van der Waals surface area contributed by atoms with Crippen LogP contribution in [0.4, 0.5) is 15.9 Å². The first-order chi connectivity index (χ1) is 11.2. The second-order valence-corrected chi connectivity index (χ2v) is 7.35. The number of halogens is 1. The summed E-state index contributed by atoms with van der Waals surface area (Å²) in [6.45, 7) is 3.25. The Hall–Kier alpha value is -2.49. The molecule has 0 radical (unpaired) electrons. The van der Waals surface area contributed by atoms with Crippen LogP contribution in [0.15, 0.2) is 30.5 Å². The van der Waals surface area contributed by atoms with E-state index in [4.69, 9.17) is 0 Å². The van der Waals surface area contributed by atoms with Gasteiger partial charge in [0.25, 0.3) is 0 Å². The monoisotopic (exact) mass is 355 g/mol. The van der Waals surface area contributed by atoms with Crippen LogP contribution in [-0.2, 0) is 14.8 Å². The van der Waals surface area contributed by atoms with Crippen molar-refractivity contribution in [2.45, 2.75) is 19.9 Å². The molecule has 8 nitrogen and oxygen atoms in total. The van der Waals surface area contributed by atoms with Crippen molar-refractivity contribution in [1.82, 2.24) is 15.0 Å². The Morgan fingerprint density at radius 1 is 1.42 bits per heavy atom. The molecular weight excluding hydrogens is 337 g/mol. The number of rotatable bonds is 6.